The van der Waals surface area contributed by atoms with Crippen LogP contribution in [0.4, 0.5) is 0 Å². The Morgan fingerprint density at radius 2 is 2.25 bits per heavy atom. The highest BCUT2D eigenvalue weighted by Gasteiger charge is 2.28. The van der Waals surface area contributed by atoms with Gasteiger partial charge >= 0.3 is 0 Å². The molecular weight excluding hydrogens is 200 g/mol. The van der Waals surface area contributed by atoms with E-state index in [-0.39, 0.29) is 13.3 Å². The van der Waals surface area contributed by atoms with Crippen LogP contribution in [-0.2, 0) is 4.79 Å². The highest BCUT2D eigenvalue weighted by atomic mass is 16.1. The summed E-state index contributed by atoms with van der Waals surface area (Å²) in [5.41, 5.74) is 0. The summed E-state index contributed by atoms with van der Waals surface area (Å²) in [5.74, 6) is 1.02. The zero-order valence-corrected chi connectivity index (χ0v) is 11.1. The van der Waals surface area contributed by atoms with Crippen molar-refractivity contribution < 1.29 is 6.22 Å². The number of hydrogen-bond acceptors (Lipinski definition) is 2. The Balaban J connectivity index is 0.00000256. The van der Waals surface area contributed by atoms with Crippen molar-refractivity contribution in [1.82, 2.24) is 10.2 Å². The van der Waals surface area contributed by atoms with Gasteiger partial charge in [0.25, 0.3) is 0 Å². The van der Waals surface area contributed by atoms with Gasteiger partial charge in [-0.2, -0.15) is 0 Å². The van der Waals surface area contributed by atoms with Gasteiger partial charge in [0, 0.05) is 19.9 Å². The van der Waals surface area contributed by atoms with Crippen molar-refractivity contribution in [2.75, 3.05) is 20.1 Å². The van der Waals surface area contributed by atoms with Crippen LogP contribution in [0.2, 0.25) is 0 Å². The molecule has 1 saturated heterocycles. The highest BCUT2D eigenvalue weighted by molar-refractivity contribution is 5.78. The maximum absolute atomic E-state index is 11.9. The molecule has 1 N–H and O–H groups in total. The number of carbonyl (C=O) groups is 1. The van der Waals surface area contributed by atoms with Gasteiger partial charge in [-0.3, -0.25) is 4.79 Å². The zero-order valence-electron chi connectivity index (χ0n) is 11.1. The Morgan fingerprint density at radius 3 is 2.81 bits per heavy atom. The van der Waals surface area contributed by atoms with Gasteiger partial charge in [0.2, 0.25) is 5.91 Å². The Labute approximate surface area is 101 Å². The fourth-order valence-electron chi connectivity index (χ4n) is 2.33. The molecule has 0 aromatic rings. The number of nitrogens with zero attached hydrogens (tertiary/aromatic N) is 1. The van der Waals surface area contributed by atoms with Gasteiger partial charge in [0.1, 0.15) is 0 Å². The molecule has 3 nitrogen and oxygen atoms in total. The lowest BCUT2D eigenvalue weighted by Crippen LogP contribution is -2.52. The monoisotopic (exact) mass is 228 g/mol. The fourth-order valence-corrected chi connectivity index (χ4v) is 2.33. The molecule has 0 radical (unpaired) electrons. The summed E-state index contributed by atoms with van der Waals surface area (Å²) >= 11 is 0. The number of amides is 1. The molecule has 0 bridgehead atoms. The van der Waals surface area contributed by atoms with Gasteiger partial charge in [0.15, 0.2) is 0 Å². The van der Waals surface area contributed by atoms with Crippen molar-refractivity contribution in [2.45, 2.75) is 46.1 Å². The summed E-state index contributed by atoms with van der Waals surface area (Å²) < 4.78 is 0. The first kappa shape index (κ1) is 13.5. The van der Waals surface area contributed by atoms with E-state index in [4.69, 9.17) is 0 Å². The number of likely N-dealkylation sites (tertiary alicyclic amines) is 1. The van der Waals surface area contributed by atoms with Crippen LogP contribution in [0.1, 0.15) is 41.5 Å². The van der Waals surface area contributed by atoms with Crippen LogP contribution in [0.5, 0.6) is 0 Å². The Kier molecular flexibility index (Phi) is 5.26. The van der Waals surface area contributed by atoms with Crippen molar-refractivity contribution in [1.29, 1.82) is 0 Å². The second-order valence-electron chi connectivity index (χ2n) is 5.14. The molecule has 1 heterocycles. The van der Waals surface area contributed by atoms with Gasteiger partial charge in [-0.1, -0.05) is 27.2 Å². The van der Waals surface area contributed by atoms with E-state index in [0.29, 0.717) is 12.0 Å². The summed E-state index contributed by atoms with van der Waals surface area (Å²) in [5, 5.41) is 3.22. The van der Waals surface area contributed by atoms with Crippen molar-refractivity contribution in [3.8, 4) is 0 Å². The molecule has 3 atom stereocenters. The van der Waals surface area contributed by atoms with Crippen LogP contribution in [0.15, 0.2) is 0 Å². The summed E-state index contributed by atoms with van der Waals surface area (Å²) in [6, 6.07) is 0.352. The molecule has 3 unspecified atom stereocenters. The van der Waals surface area contributed by atoms with Crippen molar-refractivity contribution in [2.24, 2.45) is 11.8 Å². The third-order valence-electron chi connectivity index (χ3n) is 3.87. The molecule has 1 rings (SSSR count). The van der Waals surface area contributed by atoms with Gasteiger partial charge < -0.3 is 10.2 Å². The first-order valence-electron chi connectivity index (χ1n) is 6.57. The summed E-state index contributed by atoms with van der Waals surface area (Å²) in [6.45, 7) is 8.45. The predicted molar refractivity (Wildman–Crippen MR) is 69.4 cm³/mol. The molecule has 1 aliphatic rings. The highest BCUT2D eigenvalue weighted by Crippen LogP contribution is 2.20. The largest absolute Gasteiger partial charge is 0.352 e. The number of hydrogen-bond donors (Lipinski definition) is 1. The van der Waals surface area contributed by atoms with Crippen molar-refractivity contribution in [3.63, 3.8) is 0 Å². The topological polar surface area (TPSA) is 32.3 Å². The van der Waals surface area contributed by atoms with E-state index in [0.717, 1.165) is 19.5 Å². The van der Waals surface area contributed by atoms with E-state index in [1.54, 1.807) is 0 Å². The number of nitrogens with one attached hydrogen (secondary N) is 1. The van der Waals surface area contributed by atoms with E-state index in [1.807, 2.05) is 6.92 Å². The third kappa shape index (κ3) is 3.48. The minimum atomic E-state index is 0. The van der Waals surface area contributed by atoms with Crippen molar-refractivity contribution >= 4 is 5.91 Å². The van der Waals surface area contributed by atoms with E-state index < -0.39 is 0 Å². The molecule has 0 spiro atoms. The predicted octanol–water partition coefficient (Wildman–Crippen LogP) is 2.12. The summed E-state index contributed by atoms with van der Waals surface area (Å²) in [4.78, 5) is 14.2. The third-order valence-corrected chi connectivity index (χ3v) is 3.87. The van der Waals surface area contributed by atoms with Crippen LogP contribution in [0.25, 0.3) is 0 Å². The molecule has 1 aliphatic heterocycles. The lowest BCUT2D eigenvalue weighted by Gasteiger charge is -2.37. The second kappa shape index (κ2) is 6.24. The molecule has 1 amide bonds. The van der Waals surface area contributed by atoms with Crippen LogP contribution in [0, 0.1) is 11.8 Å². The molecular formula is C13H28N2O. The number of rotatable bonds is 4. The zero-order chi connectivity index (χ0) is 12.1. The lowest BCUT2D eigenvalue weighted by atomic mass is 9.89. The molecule has 0 aromatic heterocycles. The smallest absolute Gasteiger partial charge is 0.223 e. The van der Waals surface area contributed by atoms with Crippen molar-refractivity contribution in [3.05, 3.63) is 0 Å². The Hall–Kier alpha value is -0.570. The number of carbonyl (C=O) groups excluding carboxylic acids is 1. The Morgan fingerprint density at radius 1 is 1.56 bits per heavy atom. The standard InChI is InChI=1S/C13H26N2O.H2/c1-5-10(3)13(16)14-12-9-15(4)8-7-11(12)6-2;/h10-12H,5-9H2,1-4H3,(H,14,16);1H. The SMILES string of the molecule is CCC(C)C(=O)NC1CN(C)CCC1CC.[HH]. The molecule has 3 heteroatoms. The molecule has 16 heavy (non-hydrogen) atoms. The van der Waals surface area contributed by atoms with Gasteiger partial charge in [0.05, 0.1) is 0 Å². The van der Waals surface area contributed by atoms with E-state index >= 15 is 0 Å². The Bertz CT molecular complexity index is 235. The maximum Gasteiger partial charge on any atom is 0.223 e. The number of piperidine rings is 1. The first-order valence-corrected chi connectivity index (χ1v) is 6.57. The molecule has 0 saturated carbocycles. The second-order valence-corrected chi connectivity index (χ2v) is 5.14. The molecule has 1 fully saturated rings. The van der Waals surface area contributed by atoms with Crippen LogP contribution in [0.3, 0.4) is 0 Å². The van der Waals surface area contributed by atoms with Crippen LogP contribution < -0.4 is 5.32 Å². The normalized spacial score (nSPS) is 28.8. The molecule has 96 valence electrons. The molecule has 0 aromatic carbocycles. The lowest BCUT2D eigenvalue weighted by molar-refractivity contribution is -0.126. The number of likely N-dealkylation sites (N-methyl/N-ethyl adjacent to an activating group) is 1. The first-order chi connectivity index (χ1) is 7.58. The van der Waals surface area contributed by atoms with Gasteiger partial charge in [-0.25, -0.2) is 0 Å². The minimum Gasteiger partial charge on any atom is -0.352 e. The quantitative estimate of drug-likeness (QED) is 0.799. The van der Waals surface area contributed by atoms with Crippen LogP contribution in [-0.4, -0.2) is 37.0 Å². The summed E-state index contributed by atoms with van der Waals surface area (Å²) in [7, 11) is 2.13. The van der Waals surface area contributed by atoms with E-state index in [9.17, 15) is 4.79 Å². The summed E-state index contributed by atoms with van der Waals surface area (Å²) in [6.07, 6.45) is 3.29. The van der Waals surface area contributed by atoms with Gasteiger partial charge in [-0.05, 0) is 32.4 Å². The average molecular weight is 228 g/mol. The fraction of sp³-hybridized carbons (Fsp3) is 0.923. The van der Waals surface area contributed by atoms with E-state index in [2.05, 4.69) is 31.1 Å². The van der Waals surface area contributed by atoms with E-state index in [1.165, 1.54) is 12.8 Å². The maximum atomic E-state index is 11.9. The molecule has 0 aliphatic carbocycles. The minimum absolute atomic E-state index is 0. The van der Waals surface area contributed by atoms with Crippen LogP contribution >= 0.6 is 0 Å². The average Bonchev–Trinajstić information content (AvgIpc) is 2.28. The van der Waals surface area contributed by atoms with Gasteiger partial charge in [-0.15, -0.1) is 0 Å².